The summed E-state index contributed by atoms with van der Waals surface area (Å²) in [5.41, 5.74) is 3.22. The number of rotatable bonds is 17. The highest BCUT2D eigenvalue weighted by Gasteiger charge is 2.36. The lowest BCUT2D eigenvalue weighted by Gasteiger charge is -2.36. The maximum atomic E-state index is 11.2. The molecule has 0 aliphatic heterocycles. The van der Waals surface area contributed by atoms with Crippen LogP contribution in [0.15, 0.2) is 30.3 Å². The summed E-state index contributed by atoms with van der Waals surface area (Å²) in [6, 6.07) is 10.6. The topological polar surface area (TPSA) is 68.7 Å². The van der Waals surface area contributed by atoms with Gasteiger partial charge in [-0.25, -0.2) is 0 Å². The summed E-state index contributed by atoms with van der Waals surface area (Å²) in [5, 5.41) is 11.8. The number of unbranched alkanes of at least 4 members (excludes halogenated alkanes) is 6. The minimum Gasteiger partial charge on any atom is -0.469 e. The van der Waals surface area contributed by atoms with E-state index in [1.165, 1.54) is 57.6 Å². The number of pyridine rings is 1. The lowest BCUT2D eigenvalue weighted by molar-refractivity contribution is -0.140. The van der Waals surface area contributed by atoms with Crippen LogP contribution in [0.3, 0.4) is 0 Å². The van der Waals surface area contributed by atoms with Crippen molar-refractivity contribution < 1.29 is 19.1 Å². The Morgan fingerprint density at radius 1 is 0.973 bits per heavy atom. The summed E-state index contributed by atoms with van der Waals surface area (Å²) in [5.74, 6) is -0.230. The highest BCUT2D eigenvalue weighted by atomic mass is 28.4. The molecular weight excluding hydrogens is 478 g/mol. The van der Waals surface area contributed by atoms with Gasteiger partial charge in [0.2, 0.25) is 0 Å². The van der Waals surface area contributed by atoms with Crippen molar-refractivity contribution >= 4 is 25.2 Å². The number of aliphatic hydroxyl groups is 1. The van der Waals surface area contributed by atoms with Crippen molar-refractivity contribution in [3.63, 3.8) is 0 Å². The number of nitrogens with zero attached hydrogens (tertiary/aromatic N) is 1. The molecule has 0 saturated carbocycles. The van der Waals surface area contributed by atoms with Crippen LogP contribution in [0.2, 0.25) is 18.1 Å². The van der Waals surface area contributed by atoms with Gasteiger partial charge in [0.15, 0.2) is 8.32 Å². The first-order valence-electron chi connectivity index (χ1n) is 14.3. The Labute approximate surface area is 226 Å². The SMILES string of the molecule is COC(=O)CCCC(O)Cc1ccc2ccc(CCCCCCCCCO[Si](C)(C)C(C)(C)C)cc2n1. The molecule has 0 saturated heterocycles. The number of carbonyl (C=O) groups is 1. The van der Waals surface area contributed by atoms with E-state index in [2.05, 4.69) is 62.9 Å². The summed E-state index contributed by atoms with van der Waals surface area (Å²) < 4.78 is 10.9. The van der Waals surface area contributed by atoms with E-state index in [-0.39, 0.29) is 5.97 Å². The van der Waals surface area contributed by atoms with Crippen LogP contribution in [0.25, 0.3) is 10.9 Å². The number of benzene rings is 1. The quantitative estimate of drug-likeness (QED) is 0.129. The van der Waals surface area contributed by atoms with Crippen molar-refractivity contribution in [2.45, 2.75) is 122 Å². The van der Waals surface area contributed by atoms with Crippen molar-refractivity contribution in [3.05, 3.63) is 41.6 Å². The predicted molar refractivity (Wildman–Crippen MR) is 156 cm³/mol. The molecule has 1 aromatic carbocycles. The minimum absolute atomic E-state index is 0.230. The number of esters is 1. The van der Waals surface area contributed by atoms with E-state index in [4.69, 9.17) is 9.41 Å². The maximum absolute atomic E-state index is 11.2. The molecule has 1 heterocycles. The zero-order chi connectivity index (χ0) is 27.3. The second-order valence-corrected chi connectivity index (χ2v) is 16.8. The van der Waals surface area contributed by atoms with E-state index in [9.17, 15) is 9.90 Å². The van der Waals surface area contributed by atoms with Gasteiger partial charge < -0.3 is 14.3 Å². The molecule has 2 rings (SSSR count). The van der Waals surface area contributed by atoms with Crippen molar-refractivity contribution in [2.24, 2.45) is 0 Å². The Morgan fingerprint density at radius 3 is 2.30 bits per heavy atom. The van der Waals surface area contributed by atoms with E-state index in [1.807, 2.05) is 6.07 Å². The van der Waals surface area contributed by atoms with Gasteiger partial charge in [0, 0.05) is 30.5 Å². The van der Waals surface area contributed by atoms with Gasteiger partial charge in [-0.15, -0.1) is 0 Å². The first-order valence-corrected chi connectivity index (χ1v) is 17.2. The predicted octanol–water partition coefficient (Wildman–Crippen LogP) is 7.78. The standard InChI is InChI=1S/C31H51NO4Si/c1-31(2,3)37(5,6)36-22-13-11-9-7-8-10-12-15-25-18-19-26-20-21-27(32-29(26)23-25)24-28(33)16-14-17-30(34)35-4/h18-21,23,28,33H,7-17,22,24H2,1-6H3. The average Bonchev–Trinajstić information content (AvgIpc) is 2.84. The lowest BCUT2D eigenvalue weighted by Crippen LogP contribution is -2.40. The molecule has 1 N–H and O–H groups in total. The fraction of sp³-hybridized carbons (Fsp3) is 0.677. The van der Waals surface area contributed by atoms with E-state index in [1.54, 1.807) is 0 Å². The van der Waals surface area contributed by atoms with Gasteiger partial charge in [0.1, 0.15) is 0 Å². The third kappa shape index (κ3) is 11.7. The van der Waals surface area contributed by atoms with Crippen LogP contribution in [-0.2, 0) is 26.8 Å². The molecule has 5 nitrogen and oxygen atoms in total. The van der Waals surface area contributed by atoms with E-state index in [0.717, 1.165) is 29.6 Å². The Balaban J connectivity index is 1.64. The molecule has 0 fully saturated rings. The van der Waals surface area contributed by atoms with Crippen molar-refractivity contribution in [1.29, 1.82) is 0 Å². The number of aryl methyl sites for hydroxylation is 1. The number of fused-ring (bicyclic) bond motifs is 1. The third-order valence-electron chi connectivity index (χ3n) is 7.78. The van der Waals surface area contributed by atoms with Gasteiger partial charge in [-0.05, 0) is 67.9 Å². The molecule has 1 aromatic heterocycles. The van der Waals surface area contributed by atoms with Crippen LogP contribution in [0.1, 0.15) is 96.2 Å². The van der Waals surface area contributed by atoms with Crippen LogP contribution in [0.5, 0.6) is 0 Å². The molecule has 0 aliphatic rings. The molecule has 0 radical (unpaired) electrons. The highest BCUT2D eigenvalue weighted by Crippen LogP contribution is 2.36. The highest BCUT2D eigenvalue weighted by molar-refractivity contribution is 6.74. The molecule has 0 bridgehead atoms. The monoisotopic (exact) mass is 529 g/mol. The average molecular weight is 530 g/mol. The normalized spacial score (nSPS) is 13.2. The molecule has 1 atom stereocenters. The first-order chi connectivity index (χ1) is 17.5. The summed E-state index contributed by atoms with van der Waals surface area (Å²) in [6.07, 6.45) is 11.5. The number of carbonyl (C=O) groups excluding carboxylic acids is 1. The zero-order valence-corrected chi connectivity index (χ0v) is 25.3. The number of aliphatic hydroxyl groups excluding tert-OH is 1. The molecule has 0 aliphatic carbocycles. The van der Waals surface area contributed by atoms with Crippen LogP contribution in [0, 0.1) is 0 Å². The van der Waals surface area contributed by atoms with Crippen molar-refractivity contribution in [2.75, 3.05) is 13.7 Å². The molecular formula is C31H51NO4Si. The van der Waals surface area contributed by atoms with Crippen molar-refractivity contribution in [1.82, 2.24) is 4.98 Å². The van der Waals surface area contributed by atoms with Gasteiger partial charge in [-0.1, -0.05) is 71.1 Å². The Kier molecular flexibility index (Phi) is 13.3. The van der Waals surface area contributed by atoms with E-state index in [0.29, 0.717) is 30.7 Å². The first kappa shape index (κ1) is 31.5. The van der Waals surface area contributed by atoms with Gasteiger partial charge in [0.25, 0.3) is 0 Å². The number of ether oxygens (including phenoxy) is 1. The zero-order valence-electron chi connectivity index (χ0n) is 24.3. The second kappa shape index (κ2) is 15.6. The number of hydrogen-bond donors (Lipinski definition) is 1. The number of hydrogen-bond acceptors (Lipinski definition) is 5. The fourth-order valence-electron chi connectivity index (χ4n) is 4.26. The third-order valence-corrected chi connectivity index (χ3v) is 12.3. The molecule has 0 spiro atoms. The molecule has 208 valence electrons. The summed E-state index contributed by atoms with van der Waals surface area (Å²) in [4.78, 5) is 16.0. The maximum Gasteiger partial charge on any atom is 0.305 e. The summed E-state index contributed by atoms with van der Waals surface area (Å²) in [7, 11) is -0.201. The van der Waals surface area contributed by atoms with Crippen LogP contribution >= 0.6 is 0 Å². The Hall–Kier alpha value is -1.76. The lowest BCUT2D eigenvalue weighted by atomic mass is 10.0. The number of methoxy groups -OCH3 is 1. The second-order valence-electron chi connectivity index (χ2n) is 12.0. The van der Waals surface area contributed by atoms with Crippen LogP contribution in [0.4, 0.5) is 0 Å². The number of aromatic nitrogens is 1. The molecule has 1 unspecified atom stereocenters. The van der Waals surface area contributed by atoms with Gasteiger partial charge in [-0.2, -0.15) is 0 Å². The van der Waals surface area contributed by atoms with Gasteiger partial charge >= 0.3 is 5.97 Å². The summed E-state index contributed by atoms with van der Waals surface area (Å²) in [6.45, 7) is 12.5. The molecule has 37 heavy (non-hydrogen) atoms. The molecule has 6 heteroatoms. The van der Waals surface area contributed by atoms with E-state index >= 15 is 0 Å². The van der Waals surface area contributed by atoms with Crippen molar-refractivity contribution in [3.8, 4) is 0 Å². The van der Waals surface area contributed by atoms with Crippen LogP contribution in [-0.4, -0.2) is 44.2 Å². The van der Waals surface area contributed by atoms with Gasteiger partial charge in [-0.3, -0.25) is 9.78 Å². The molecule has 2 aromatic rings. The molecule has 0 amide bonds. The largest absolute Gasteiger partial charge is 0.469 e. The minimum atomic E-state index is -1.59. The Morgan fingerprint density at radius 2 is 1.62 bits per heavy atom. The van der Waals surface area contributed by atoms with Crippen LogP contribution < -0.4 is 0 Å². The Bertz CT molecular complexity index is 954. The smallest absolute Gasteiger partial charge is 0.305 e. The van der Waals surface area contributed by atoms with E-state index < -0.39 is 14.4 Å². The fourth-order valence-corrected chi connectivity index (χ4v) is 5.35. The summed E-state index contributed by atoms with van der Waals surface area (Å²) >= 11 is 0. The van der Waals surface area contributed by atoms with Gasteiger partial charge in [0.05, 0.1) is 18.7 Å².